The summed E-state index contributed by atoms with van der Waals surface area (Å²) in [6.07, 6.45) is 0. The van der Waals surface area contributed by atoms with E-state index in [0.29, 0.717) is 18.8 Å². The van der Waals surface area contributed by atoms with Crippen LogP contribution in [0.3, 0.4) is 0 Å². The van der Waals surface area contributed by atoms with Crippen molar-refractivity contribution < 1.29 is 23.0 Å². The van der Waals surface area contributed by atoms with Gasteiger partial charge in [0, 0.05) is 10.5 Å². The lowest BCUT2D eigenvalue weighted by Gasteiger charge is -2.31. The molecule has 1 amide bonds. The number of anilines is 1. The van der Waals surface area contributed by atoms with Gasteiger partial charge in [-0.3, -0.25) is 14.9 Å². The summed E-state index contributed by atoms with van der Waals surface area (Å²) < 4.78 is 27.7. The predicted molar refractivity (Wildman–Crippen MR) is 110 cm³/mol. The third-order valence-electron chi connectivity index (χ3n) is 4.67. The molecule has 0 spiro atoms. The summed E-state index contributed by atoms with van der Waals surface area (Å²) in [4.78, 5) is 23.4. The number of amides is 1. The van der Waals surface area contributed by atoms with Gasteiger partial charge in [-0.1, -0.05) is 24.3 Å². The maximum atomic E-state index is 12.8. The second kappa shape index (κ2) is 8.99. The van der Waals surface area contributed by atoms with E-state index >= 15 is 0 Å². The zero-order valence-corrected chi connectivity index (χ0v) is 17.8. The van der Waals surface area contributed by atoms with Crippen LogP contribution in [-0.2, 0) is 14.8 Å². The second-order valence-electron chi connectivity index (χ2n) is 6.58. The number of hydrogen-bond acceptors (Lipinski definition) is 5. The van der Waals surface area contributed by atoms with Crippen LogP contribution in [0.4, 0.5) is 11.4 Å². The Kier molecular flexibility index (Phi) is 6.63. The first kappa shape index (κ1) is 21.4. The highest BCUT2D eigenvalue weighted by Crippen LogP contribution is 2.26. The molecule has 1 saturated heterocycles. The first-order valence-corrected chi connectivity index (χ1v) is 11.1. The summed E-state index contributed by atoms with van der Waals surface area (Å²) in [6.45, 7) is 1.45. The fourth-order valence-electron chi connectivity index (χ4n) is 3.17. The molecule has 154 valence electrons. The lowest BCUT2D eigenvalue weighted by Crippen LogP contribution is -3.15. The number of sulfonamides is 1. The molecule has 9 nitrogen and oxygen atoms in total. The SMILES string of the molecule is O=C(C[NH+]1CCN(S(=O)(=O)c2ccccc2[N+](=O)[O-])CC1)Nc1ccccc1Br. The number of carbonyl (C=O) groups excluding carboxylic acids is 1. The number of nitrogens with zero attached hydrogens (tertiary/aromatic N) is 2. The van der Waals surface area contributed by atoms with E-state index in [2.05, 4.69) is 21.2 Å². The largest absolute Gasteiger partial charge is 0.325 e. The maximum Gasteiger partial charge on any atom is 0.289 e. The maximum absolute atomic E-state index is 12.8. The summed E-state index contributed by atoms with van der Waals surface area (Å²) in [6, 6.07) is 12.6. The zero-order chi connectivity index (χ0) is 21.0. The molecule has 0 aliphatic carbocycles. The van der Waals surface area contributed by atoms with E-state index in [1.807, 2.05) is 18.2 Å². The van der Waals surface area contributed by atoms with Gasteiger partial charge in [0.15, 0.2) is 11.4 Å². The Hall–Kier alpha value is -2.34. The number of para-hydroxylation sites is 2. The fourth-order valence-corrected chi connectivity index (χ4v) is 5.15. The first-order valence-electron chi connectivity index (χ1n) is 8.90. The highest BCUT2D eigenvalue weighted by molar-refractivity contribution is 9.10. The van der Waals surface area contributed by atoms with Gasteiger partial charge >= 0.3 is 0 Å². The van der Waals surface area contributed by atoms with Gasteiger partial charge in [0.05, 0.1) is 36.8 Å². The van der Waals surface area contributed by atoms with Crippen molar-refractivity contribution in [2.75, 3.05) is 38.0 Å². The van der Waals surface area contributed by atoms with Crippen molar-refractivity contribution in [1.29, 1.82) is 0 Å². The molecule has 2 N–H and O–H groups in total. The van der Waals surface area contributed by atoms with Crippen LogP contribution in [0.25, 0.3) is 0 Å². The lowest BCUT2D eigenvalue weighted by atomic mass is 10.3. The van der Waals surface area contributed by atoms with Crippen LogP contribution < -0.4 is 10.2 Å². The minimum absolute atomic E-state index is 0.165. The third-order valence-corrected chi connectivity index (χ3v) is 7.31. The minimum Gasteiger partial charge on any atom is -0.325 e. The van der Waals surface area contributed by atoms with Gasteiger partial charge in [-0.05, 0) is 34.1 Å². The Morgan fingerprint density at radius 3 is 2.41 bits per heavy atom. The Balaban J connectivity index is 1.61. The molecular weight excluding hydrogens is 464 g/mol. The molecule has 1 fully saturated rings. The van der Waals surface area contributed by atoms with Crippen molar-refractivity contribution >= 4 is 43.2 Å². The number of hydrogen-bond donors (Lipinski definition) is 2. The van der Waals surface area contributed by atoms with Gasteiger partial charge in [-0.2, -0.15) is 4.31 Å². The lowest BCUT2D eigenvalue weighted by molar-refractivity contribution is -0.895. The van der Waals surface area contributed by atoms with Gasteiger partial charge in [0.2, 0.25) is 10.0 Å². The summed E-state index contributed by atoms with van der Waals surface area (Å²) in [5.41, 5.74) is 0.240. The summed E-state index contributed by atoms with van der Waals surface area (Å²) in [7, 11) is -3.97. The molecule has 0 radical (unpaired) electrons. The van der Waals surface area contributed by atoms with Gasteiger partial charge in [-0.25, -0.2) is 8.42 Å². The molecule has 0 atom stereocenters. The number of benzene rings is 2. The van der Waals surface area contributed by atoms with Crippen LogP contribution in [-0.4, -0.2) is 56.3 Å². The zero-order valence-electron chi connectivity index (χ0n) is 15.4. The topological polar surface area (TPSA) is 114 Å². The molecule has 0 saturated carbocycles. The van der Waals surface area contributed by atoms with E-state index < -0.39 is 20.6 Å². The van der Waals surface area contributed by atoms with Crippen LogP contribution in [0.15, 0.2) is 57.9 Å². The monoisotopic (exact) mass is 483 g/mol. The van der Waals surface area contributed by atoms with Gasteiger partial charge in [-0.15, -0.1) is 0 Å². The number of quaternary nitrogens is 1. The predicted octanol–water partition coefficient (Wildman–Crippen LogP) is 0.885. The van der Waals surface area contributed by atoms with Crippen molar-refractivity contribution in [3.63, 3.8) is 0 Å². The van der Waals surface area contributed by atoms with E-state index in [4.69, 9.17) is 0 Å². The Bertz CT molecular complexity index is 1020. The van der Waals surface area contributed by atoms with Crippen molar-refractivity contribution in [3.8, 4) is 0 Å². The van der Waals surface area contributed by atoms with Crippen LogP contribution in [0.2, 0.25) is 0 Å². The van der Waals surface area contributed by atoms with Crippen LogP contribution in [0.5, 0.6) is 0 Å². The average molecular weight is 484 g/mol. The highest BCUT2D eigenvalue weighted by Gasteiger charge is 2.35. The molecule has 1 aliphatic rings. The molecule has 11 heteroatoms. The van der Waals surface area contributed by atoms with Crippen LogP contribution in [0, 0.1) is 10.1 Å². The van der Waals surface area contributed by atoms with Crippen molar-refractivity contribution in [1.82, 2.24) is 4.31 Å². The Morgan fingerprint density at radius 2 is 1.76 bits per heavy atom. The van der Waals surface area contributed by atoms with Crippen LogP contribution in [0.1, 0.15) is 0 Å². The summed E-state index contributed by atoms with van der Waals surface area (Å²) in [5.74, 6) is -0.165. The standard InChI is InChI=1S/C18H19BrN4O5S/c19-14-5-1-2-6-15(14)20-18(24)13-21-9-11-22(12-10-21)29(27,28)17-8-4-3-7-16(17)23(25)26/h1-8H,9-13H2,(H,20,24)/p+1. The second-order valence-corrected chi connectivity index (χ2v) is 9.34. The molecule has 1 heterocycles. The molecule has 1 aliphatic heterocycles. The number of halogens is 1. The quantitative estimate of drug-likeness (QED) is 0.467. The van der Waals surface area contributed by atoms with Crippen LogP contribution >= 0.6 is 15.9 Å². The normalized spacial score (nSPS) is 15.8. The number of nitro groups is 1. The third kappa shape index (κ3) is 4.99. The van der Waals surface area contributed by atoms with E-state index in [1.54, 1.807) is 6.07 Å². The van der Waals surface area contributed by atoms with Crippen molar-refractivity contribution in [2.24, 2.45) is 0 Å². The molecule has 0 bridgehead atoms. The minimum atomic E-state index is -3.97. The number of nitrogens with one attached hydrogen (secondary N) is 2. The van der Waals surface area contributed by atoms with Gasteiger partial charge in [0.25, 0.3) is 11.6 Å². The molecule has 2 aromatic carbocycles. The average Bonchev–Trinajstić information content (AvgIpc) is 2.70. The molecule has 29 heavy (non-hydrogen) atoms. The summed E-state index contributed by atoms with van der Waals surface area (Å²) >= 11 is 3.37. The van der Waals surface area contributed by atoms with Crippen molar-refractivity contribution in [2.45, 2.75) is 4.90 Å². The number of nitro benzene ring substituents is 1. The molecule has 0 aromatic heterocycles. The fraction of sp³-hybridized carbons (Fsp3) is 0.278. The molecule has 0 unspecified atom stereocenters. The Morgan fingerprint density at radius 1 is 1.14 bits per heavy atom. The van der Waals surface area contributed by atoms with E-state index in [9.17, 15) is 23.3 Å². The number of rotatable bonds is 6. The molecular formula is C18H20BrN4O5S+. The number of piperazine rings is 1. The molecule has 2 aromatic rings. The van der Waals surface area contributed by atoms with Gasteiger partial charge in [0.1, 0.15) is 0 Å². The summed E-state index contributed by atoms with van der Waals surface area (Å²) in [5, 5.41) is 14.0. The Labute approximate surface area is 176 Å². The van der Waals surface area contributed by atoms with Gasteiger partial charge < -0.3 is 10.2 Å². The van der Waals surface area contributed by atoms with Crippen molar-refractivity contribution in [3.05, 3.63) is 63.1 Å². The smallest absolute Gasteiger partial charge is 0.289 e. The molecule has 3 rings (SSSR count). The first-order chi connectivity index (χ1) is 13.8. The van der Waals surface area contributed by atoms with E-state index in [1.165, 1.54) is 28.6 Å². The van der Waals surface area contributed by atoms with E-state index in [-0.39, 0.29) is 30.4 Å². The highest BCUT2D eigenvalue weighted by atomic mass is 79.9. The number of carbonyl (C=O) groups is 1. The van der Waals surface area contributed by atoms with E-state index in [0.717, 1.165) is 9.37 Å².